The molecule has 0 bridgehead atoms. The topological polar surface area (TPSA) is 45.2 Å². The molecule has 1 aromatic carbocycles. The summed E-state index contributed by atoms with van der Waals surface area (Å²) in [6.45, 7) is 10.5. The number of ether oxygens (including phenoxy) is 2. The summed E-state index contributed by atoms with van der Waals surface area (Å²) in [4.78, 5) is 4.67. The van der Waals surface area contributed by atoms with Gasteiger partial charge in [-0.05, 0) is 32.0 Å². The normalized spacial score (nSPS) is 16.0. The Morgan fingerprint density at radius 3 is 2.48 bits per heavy atom. The van der Waals surface area contributed by atoms with E-state index in [0.29, 0.717) is 28.4 Å². The van der Waals surface area contributed by atoms with E-state index < -0.39 is 6.10 Å². The fourth-order valence-corrected chi connectivity index (χ4v) is 3.22. The molecule has 1 fully saturated rings. The largest absolute Gasteiger partial charge is 0.489 e. The summed E-state index contributed by atoms with van der Waals surface area (Å²) in [6.07, 6.45) is -0.584. The maximum Gasteiger partial charge on any atom is 0.138 e. The molecule has 0 spiro atoms. The fourth-order valence-electron chi connectivity index (χ4n) is 2.76. The molecule has 1 heterocycles. The summed E-state index contributed by atoms with van der Waals surface area (Å²) in [7, 11) is 0. The van der Waals surface area contributed by atoms with Crippen molar-refractivity contribution in [2.45, 2.75) is 26.0 Å². The maximum absolute atomic E-state index is 10.3. The van der Waals surface area contributed by atoms with Crippen molar-refractivity contribution in [3.63, 3.8) is 0 Å². The van der Waals surface area contributed by atoms with E-state index in [2.05, 4.69) is 23.6 Å². The molecule has 0 saturated carbocycles. The predicted molar refractivity (Wildman–Crippen MR) is 116 cm³/mol. The van der Waals surface area contributed by atoms with Gasteiger partial charge in [-0.1, -0.05) is 23.2 Å². The van der Waals surface area contributed by atoms with E-state index in [-0.39, 0.29) is 31.4 Å². The van der Waals surface area contributed by atoms with E-state index in [1.807, 2.05) is 0 Å². The Bertz CT molecular complexity index is 531. The lowest BCUT2D eigenvalue weighted by molar-refractivity contribution is 0.0221. The molecule has 0 aliphatic carbocycles. The Morgan fingerprint density at radius 2 is 1.89 bits per heavy atom. The molecule has 0 amide bonds. The van der Waals surface area contributed by atoms with Gasteiger partial charge < -0.3 is 14.6 Å². The van der Waals surface area contributed by atoms with Crippen LogP contribution in [0.2, 0.25) is 10.0 Å². The van der Waals surface area contributed by atoms with Crippen LogP contribution in [0.3, 0.4) is 0 Å². The number of aliphatic hydroxyl groups excluding tert-OH is 1. The lowest BCUT2D eigenvalue weighted by Crippen LogP contribution is -2.46. The highest BCUT2D eigenvalue weighted by atomic mass is 35.5. The van der Waals surface area contributed by atoms with Crippen LogP contribution in [0.1, 0.15) is 13.8 Å². The summed E-state index contributed by atoms with van der Waals surface area (Å²) >= 11 is 12.0. The van der Waals surface area contributed by atoms with Crippen molar-refractivity contribution in [3.05, 3.63) is 28.2 Å². The van der Waals surface area contributed by atoms with E-state index in [1.165, 1.54) is 0 Å². The molecule has 2 rings (SSSR count). The number of rotatable bonds is 9. The second-order valence-electron chi connectivity index (χ2n) is 6.58. The second-order valence-corrected chi connectivity index (χ2v) is 7.43. The average molecular weight is 464 g/mol. The summed E-state index contributed by atoms with van der Waals surface area (Å²) in [5.74, 6) is 0.537. The van der Waals surface area contributed by atoms with Crippen molar-refractivity contribution in [1.82, 2.24) is 9.80 Å². The van der Waals surface area contributed by atoms with Crippen molar-refractivity contribution in [2.24, 2.45) is 0 Å². The molecule has 1 atom stereocenters. The molecular weight excluding hydrogens is 434 g/mol. The Kier molecular flexibility index (Phi) is 14.1. The number of aliphatic hydroxyl groups is 1. The van der Waals surface area contributed by atoms with Crippen LogP contribution in [0.25, 0.3) is 0 Å². The van der Waals surface area contributed by atoms with Crippen LogP contribution >= 0.6 is 48.0 Å². The van der Waals surface area contributed by atoms with Crippen molar-refractivity contribution >= 4 is 48.0 Å². The van der Waals surface area contributed by atoms with Gasteiger partial charge in [-0.25, -0.2) is 0 Å². The third-order valence-electron chi connectivity index (χ3n) is 4.31. The molecule has 1 saturated heterocycles. The van der Waals surface area contributed by atoms with Gasteiger partial charge in [0.25, 0.3) is 0 Å². The molecule has 1 aromatic rings. The minimum absolute atomic E-state index is 0. The monoisotopic (exact) mass is 462 g/mol. The van der Waals surface area contributed by atoms with Crippen molar-refractivity contribution in [2.75, 3.05) is 52.5 Å². The van der Waals surface area contributed by atoms with E-state index in [0.717, 1.165) is 39.4 Å². The van der Waals surface area contributed by atoms with Gasteiger partial charge in [0, 0.05) is 43.8 Å². The fraction of sp³-hybridized carbons (Fsp3) is 0.667. The highest BCUT2D eigenvalue weighted by Crippen LogP contribution is 2.27. The molecule has 1 aliphatic rings. The van der Waals surface area contributed by atoms with Crippen molar-refractivity contribution in [1.29, 1.82) is 0 Å². The van der Waals surface area contributed by atoms with Gasteiger partial charge in [-0.2, -0.15) is 0 Å². The Hall–Kier alpha value is 0.0200. The quantitative estimate of drug-likeness (QED) is 0.605. The van der Waals surface area contributed by atoms with E-state index in [1.54, 1.807) is 18.2 Å². The Morgan fingerprint density at radius 1 is 1.22 bits per heavy atom. The third kappa shape index (κ3) is 9.86. The summed E-state index contributed by atoms with van der Waals surface area (Å²) in [5, 5.41) is 11.4. The second kappa shape index (κ2) is 14.1. The number of benzene rings is 1. The third-order valence-corrected chi connectivity index (χ3v) is 4.84. The van der Waals surface area contributed by atoms with Crippen LogP contribution in [0.4, 0.5) is 0 Å². The zero-order chi connectivity index (χ0) is 18.2. The first-order chi connectivity index (χ1) is 12.0. The van der Waals surface area contributed by atoms with E-state index in [9.17, 15) is 5.11 Å². The number of halogens is 4. The molecule has 9 heteroatoms. The molecule has 1 aliphatic heterocycles. The minimum atomic E-state index is -0.584. The number of morpholine rings is 1. The first-order valence-electron chi connectivity index (χ1n) is 8.75. The summed E-state index contributed by atoms with van der Waals surface area (Å²) in [6, 6.07) is 5.43. The van der Waals surface area contributed by atoms with Crippen molar-refractivity contribution in [3.8, 4) is 5.75 Å². The van der Waals surface area contributed by atoms with Gasteiger partial charge >= 0.3 is 0 Å². The summed E-state index contributed by atoms with van der Waals surface area (Å²) in [5.41, 5.74) is 0. The smallest absolute Gasteiger partial charge is 0.138 e. The molecule has 1 unspecified atom stereocenters. The number of hydrogen-bond acceptors (Lipinski definition) is 5. The van der Waals surface area contributed by atoms with E-state index in [4.69, 9.17) is 32.7 Å². The number of hydrogen-bond donors (Lipinski definition) is 1. The number of nitrogens with zero attached hydrogens (tertiary/aromatic N) is 2. The predicted octanol–water partition coefficient (Wildman–Crippen LogP) is 3.62. The first-order valence-corrected chi connectivity index (χ1v) is 9.51. The van der Waals surface area contributed by atoms with Crippen LogP contribution in [0, 0.1) is 0 Å². The van der Waals surface area contributed by atoms with Crippen molar-refractivity contribution < 1.29 is 14.6 Å². The standard InChI is InChI=1S/C18H28Cl2N2O3.2ClH/c1-14(2)22(6-5-21-7-9-24-10-8-21)12-16(23)13-25-18-4-3-15(19)11-17(18)20;;/h3-4,11,14,16,23H,5-10,12-13H2,1-2H3;2*1H. The van der Waals surface area contributed by atoms with Crippen LogP contribution in [-0.2, 0) is 4.74 Å². The van der Waals surface area contributed by atoms with E-state index >= 15 is 0 Å². The summed E-state index contributed by atoms with van der Waals surface area (Å²) < 4.78 is 11.0. The van der Waals surface area contributed by atoms with Crippen LogP contribution in [-0.4, -0.2) is 79.6 Å². The highest BCUT2D eigenvalue weighted by Gasteiger charge is 2.18. The molecule has 5 nitrogen and oxygen atoms in total. The zero-order valence-corrected chi connectivity index (χ0v) is 18.9. The van der Waals surface area contributed by atoms with Gasteiger partial charge in [0.1, 0.15) is 18.5 Å². The lowest BCUT2D eigenvalue weighted by Gasteiger charge is -2.33. The van der Waals surface area contributed by atoms with Crippen LogP contribution in [0.5, 0.6) is 5.75 Å². The zero-order valence-electron chi connectivity index (χ0n) is 15.8. The van der Waals surface area contributed by atoms with Gasteiger partial charge in [-0.3, -0.25) is 9.80 Å². The van der Waals surface area contributed by atoms with Gasteiger partial charge in [0.2, 0.25) is 0 Å². The molecule has 0 aromatic heterocycles. The molecular formula is C18H30Cl4N2O3. The van der Waals surface area contributed by atoms with Crippen LogP contribution in [0.15, 0.2) is 18.2 Å². The molecule has 27 heavy (non-hydrogen) atoms. The highest BCUT2D eigenvalue weighted by molar-refractivity contribution is 6.35. The minimum Gasteiger partial charge on any atom is -0.489 e. The molecule has 0 radical (unpaired) electrons. The average Bonchev–Trinajstić information content (AvgIpc) is 2.58. The van der Waals surface area contributed by atoms with Crippen LogP contribution < -0.4 is 4.74 Å². The van der Waals surface area contributed by atoms with Gasteiger partial charge in [0.05, 0.1) is 18.2 Å². The molecule has 1 N–H and O–H groups in total. The maximum atomic E-state index is 10.3. The van der Waals surface area contributed by atoms with Gasteiger partial charge in [0.15, 0.2) is 0 Å². The molecule has 158 valence electrons. The lowest BCUT2D eigenvalue weighted by atomic mass is 10.2. The Labute approximate surface area is 184 Å². The first kappa shape index (κ1) is 27.0. The van der Waals surface area contributed by atoms with Gasteiger partial charge in [-0.15, -0.1) is 24.8 Å². The Balaban J connectivity index is 0.00000338. The SMILES string of the molecule is CC(C)N(CCN1CCOCC1)CC(O)COc1ccc(Cl)cc1Cl.Cl.Cl.